The summed E-state index contributed by atoms with van der Waals surface area (Å²) in [6, 6.07) is 11.3. The Balaban J connectivity index is 1.51. The standard InChI is InChI=1S/C19H18O5/c1-11-3-5-13-15(7-11)23-17(9-21-13)19(20)18-10-22-14-6-4-12(2)8-16(14)24-18/h3-8,17-18H,9-10H2,1-2H3. The van der Waals surface area contributed by atoms with Gasteiger partial charge >= 0.3 is 0 Å². The Kier molecular flexibility index (Phi) is 3.56. The molecule has 2 unspecified atom stereocenters. The fourth-order valence-corrected chi connectivity index (χ4v) is 2.85. The molecule has 2 aliphatic rings. The number of carbonyl (C=O) groups excluding carboxylic acids is 1. The number of benzene rings is 2. The summed E-state index contributed by atoms with van der Waals surface area (Å²) in [6.07, 6.45) is -1.39. The average molecular weight is 326 g/mol. The van der Waals surface area contributed by atoms with Crippen molar-refractivity contribution in [3.8, 4) is 23.0 Å². The fourth-order valence-electron chi connectivity index (χ4n) is 2.85. The Bertz CT molecular complexity index is 733. The molecule has 0 amide bonds. The highest BCUT2D eigenvalue weighted by atomic mass is 16.6. The van der Waals surface area contributed by atoms with Crippen LogP contribution in [0.5, 0.6) is 23.0 Å². The molecule has 0 aliphatic carbocycles. The summed E-state index contributed by atoms with van der Waals surface area (Å²) in [5.41, 5.74) is 2.10. The van der Waals surface area contributed by atoms with Crippen LogP contribution in [0.2, 0.25) is 0 Å². The molecule has 4 rings (SSSR count). The maximum absolute atomic E-state index is 12.7. The third-order valence-corrected chi connectivity index (χ3v) is 4.15. The van der Waals surface area contributed by atoms with Gasteiger partial charge < -0.3 is 18.9 Å². The van der Waals surface area contributed by atoms with Gasteiger partial charge in [-0.25, -0.2) is 0 Å². The van der Waals surface area contributed by atoms with Crippen molar-refractivity contribution in [2.75, 3.05) is 13.2 Å². The predicted octanol–water partition coefficient (Wildman–Crippen LogP) is 2.85. The lowest BCUT2D eigenvalue weighted by Gasteiger charge is -2.31. The maximum Gasteiger partial charge on any atom is 0.220 e. The van der Waals surface area contributed by atoms with E-state index in [0.717, 1.165) is 11.1 Å². The van der Waals surface area contributed by atoms with E-state index in [0.29, 0.717) is 23.0 Å². The number of rotatable bonds is 2. The topological polar surface area (TPSA) is 54.0 Å². The molecular formula is C19H18O5. The molecule has 24 heavy (non-hydrogen) atoms. The highest BCUT2D eigenvalue weighted by Gasteiger charge is 2.36. The summed E-state index contributed by atoms with van der Waals surface area (Å²) in [5, 5.41) is 0. The molecule has 2 aromatic rings. The van der Waals surface area contributed by atoms with Gasteiger partial charge in [0.2, 0.25) is 5.78 Å². The number of fused-ring (bicyclic) bond motifs is 2. The highest BCUT2D eigenvalue weighted by molar-refractivity contribution is 5.89. The van der Waals surface area contributed by atoms with Gasteiger partial charge in [0.25, 0.3) is 0 Å². The van der Waals surface area contributed by atoms with E-state index < -0.39 is 12.2 Å². The molecule has 5 heteroatoms. The average Bonchev–Trinajstić information content (AvgIpc) is 2.59. The molecule has 0 fully saturated rings. The van der Waals surface area contributed by atoms with Crippen molar-refractivity contribution in [3.63, 3.8) is 0 Å². The lowest BCUT2D eigenvalue weighted by molar-refractivity contribution is -0.137. The minimum Gasteiger partial charge on any atom is -0.485 e. The zero-order chi connectivity index (χ0) is 16.7. The van der Waals surface area contributed by atoms with Gasteiger partial charge in [0, 0.05) is 0 Å². The van der Waals surface area contributed by atoms with Crippen LogP contribution in [0.1, 0.15) is 11.1 Å². The molecule has 0 saturated heterocycles. The van der Waals surface area contributed by atoms with E-state index in [-0.39, 0.29) is 19.0 Å². The molecule has 0 bridgehead atoms. The highest BCUT2D eigenvalue weighted by Crippen LogP contribution is 2.35. The second kappa shape index (κ2) is 5.74. The van der Waals surface area contributed by atoms with Crippen LogP contribution in [-0.2, 0) is 4.79 Å². The molecule has 0 saturated carbocycles. The summed E-state index contributed by atoms with van der Waals surface area (Å²) in [7, 11) is 0. The van der Waals surface area contributed by atoms with Crippen LogP contribution >= 0.6 is 0 Å². The van der Waals surface area contributed by atoms with Gasteiger partial charge in [-0.2, -0.15) is 0 Å². The minimum absolute atomic E-state index is 0.172. The molecule has 124 valence electrons. The third-order valence-electron chi connectivity index (χ3n) is 4.15. The number of hydrogen-bond acceptors (Lipinski definition) is 5. The van der Waals surface area contributed by atoms with E-state index in [9.17, 15) is 4.79 Å². The van der Waals surface area contributed by atoms with Gasteiger partial charge in [-0.1, -0.05) is 12.1 Å². The zero-order valence-corrected chi connectivity index (χ0v) is 13.6. The Hall–Kier alpha value is -2.69. The Labute approximate surface area is 140 Å². The molecule has 2 heterocycles. The first-order chi connectivity index (χ1) is 11.6. The first-order valence-electron chi connectivity index (χ1n) is 7.94. The summed E-state index contributed by atoms with van der Waals surface area (Å²) < 4.78 is 23.0. The van der Waals surface area contributed by atoms with Gasteiger partial charge in [-0.15, -0.1) is 0 Å². The van der Waals surface area contributed by atoms with Crippen molar-refractivity contribution >= 4 is 5.78 Å². The lowest BCUT2D eigenvalue weighted by Crippen LogP contribution is -2.48. The van der Waals surface area contributed by atoms with E-state index in [1.807, 2.05) is 50.2 Å². The Morgan fingerprint density at radius 2 is 1.25 bits per heavy atom. The minimum atomic E-state index is -0.695. The first-order valence-corrected chi connectivity index (χ1v) is 7.94. The number of ether oxygens (including phenoxy) is 4. The van der Waals surface area contributed by atoms with E-state index in [2.05, 4.69) is 0 Å². The maximum atomic E-state index is 12.7. The van der Waals surface area contributed by atoms with E-state index in [4.69, 9.17) is 18.9 Å². The molecule has 2 aromatic carbocycles. The van der Waals surface area contributed by atoms with Gasteiger partial charge in [0.05, 0.1) is 0 Å². The normalized spacial score (nSPS) is 21.2. The molecule has 0 spiro atoms. The second-order valence-electron chi connectivity index (χ2n) is 6.14. The molecule has 0 aromatic heterocycles. The summed E-state index contributed by atoms with van der Waals surface area (Å²) in [4.78, 5) is 12.7. The largest absolute Gasteiger partial charge is 0.485 e. The zero-order valence-electron chi connectivity index (χ0n) is 13.6. The molecule has 0 radical (unpaired) electrons. The van der Waals surface area contributed by atoms with Crippen LogP contribution in [0.15, 0.2) is 36.4 Å². The molecule has 0 N–H and O–H groups in total. The van der Waals surface area contributed by atoms with Crippen molar-refractivity contribution in [2.24, 2.45) is 0 Å². The van der Waals surface area contributed by atoms with Crippen LogP contribution in [0.25, 0.3) is 0 Å². The number of aryl methyl sites for hydroxylation is 2. The number of hydrogen-bond donors (Lipinski definition) is 0. The smallest absolute Gasteiger partial charge is 0.220 e. The van der Waals surface area contributed by atoms with E-state index in [1.165, 1.54) is 0 Å². The monoisotopic (exact) mass is 326 g/mol. The number of Topliss-reactive ketones (excluding diaryl/α,β-unsaturated/α-hetero) is 1. The van der Waals surface area contributed by atoms with Crippen molar-refractivity contribution < 1.29 is 23.7 Å². The van der Waals surface area contributed by atoms with Crippen molar-refractivity contribution in [1.29, 1.82) is 0 Å². The Morgan fingerprint density at radius 1 is 0.792 bits per heavy atom. The van der Waals surface area contributed by atoms with Gasteiger partial charge in [0.1, 0.15) is 13.2 Å². The van der Waals surface area contributed by atoms with Crippen LogP contribution in [-0.4, -0.2) is 31.2 Å². The van der Waals surface area contributed by atoms with Crippen molar-refractivity contribution in [1.82, 2.24) is 0 Å². The number of ketones is 1. The summed E-state index contributed by atoms with van der Waals surface area (Å²) in [6.45, 7) is 4.28. The number of carbonyl (C=O) groups is 1. The summed E-state index contributed by atoms with van der Waals surface area (Å²) in [5.74, 6) is 2.33. The molecule has 5 nitrogen and oxygen atoms in total. The SMILES string of the molecule is Cc1ccc2c(c1)OC(C(=O)C1COc3ccc(C)cc3O1)CO2. The van der Waals surface area contributed by atoms with Crippen molar-refractivity contribution in [2.45, 2.75) is 26.1 Å². The molecule has 2 atom stereocenters. The second-order valence-corrected chi connectivity index (χ2v) is 6.14. The van der Waals surface area contributed by atoms with Gasteiger partial charge in [0.15, 0.2) is 35.2 Å². The van der Waals surface area contributed by atoms with Crippen LogP contribution in [0.4, 0.5) is 0 Å². The predicted molar refractivity (Wildman–Crippen MR) is 87.2 cm³/mol. The van der Waals surface area contributed by atoms with E-state index >= 15 is 0 Å². The van der Waals surface area contributed by atoms with Crippen LogP contribution in [0, 0.1) is 13.8 Å². The van der Waals surface area contributed by atoms with E-state index in [1.54, 1.807) is 0 Å². The lowest BCUT2D eigenvalue weighted by atomic mass is 10.1. The van der Waals surface area contributed by atoms with Crippen LogP contribution < -0.4 is 18.9 Å². The molecular weight excluding hydrogens is 308 g/mol. The fraction of sp³-hybridized carbons (Fsp3) is 0.316. The quantitative estimate of drug-likeness (QED) is 0.849. The van der Waals surface area contributed by atoms with Crippen molar-refractivity contribution in [3.05, 3.63) is 47.5 Å². The molecule has 2 aliphatic heterocycles. The Morgan fingerprint density at radius 3 is 1.71 bits per heavy atom. The first kappa shape index (κ1) is 14.9. The third kappa shape index (κ3) is 2.66. The van der Waals surface area contributed by atoms with Crippen LogP contribution in [0.3, 0.4) is 0 Å². The van der Waals surface area contributed by atoms with Gasteiger partial charge in [-0.05, 0) is 49.2 Å². The summed E-state index contributed by atoms with van der Waals surface area (Å²) >= 11 is 0. The van der Waals surface area contributed by atoms with Gasteiger partial charge in [-0.3, -0.25) is 4.79 Å².